The Balaban J connectivity index is 1.55. The number of allylic oxidation sites excluding steroid dienone is 1. The van der Waals surface area contributed by atoms with Gasteiger partial charge in [0, 0.05) is 36.6 Å². The van der Waals surface area contributed by atoms with Crippen LogP contribution in [-0.4, -0.2) is 37.0 Å². The maximum atomic E-state index is 12.4. The number of amides is 1. The van der Waals surface area contributed by atoms with Gasteiger partial charge in [-0.25, -0.2) is 0 Å². The van der Waals surface area contributed by atoms with E-state index in [2.05, 4.69) is 5.32 Å². The van der Waals surface area contributed by atoms with Crippen molar-refractivity contribution in [1.29, 1.82) is 0 Å². The molecule has 3 aromatic rings. The Bertz CT molecular complexity index is 1090. The molecule has 5 heteroatoms. The van der Waals surface area contributed by atoms with Crippen molar-refractivity contribution in [3.8, 4) is 0 Å². The Hall–Kier alpha value is -3.96. The number of hydrogen-bond donors (Lipinski definition) is 2. The topological polar surface area (TPSA) is 69.6 Å². The largest absolute Gasteiger partial charge is 0.395 e. The molecule has 0 bridgehead atoms. The molecule has 0 atom stereocenters. The van der Waals surface area contributed by atoms with Crippen molar-refractivity contribution in [2.24, 2.45) is 0 Å². The molecule has 0 aliphatic carbocycles. The van der Waals surface area contributed by atoms with Crippen LogP contribution < -0.4 is 10.2 Å². The number of hydrogen-bond acceptors (Lipinski definition) is 4. The van der Waals surface area contributed by atoms with Crippen molar-refractivity contribution in [3.05, 3.63) is 108 Å². The summed E-state index contributed by atoms with van der Waals surface area (Å²) in [5, 5.41) is 11.8. The summed E-state index contributed by atoms with van der Waals surface area (Å²) < 4.78 is 0. The van der Waals surface area contributed by atoms with Gasteiger partial charge in [-0.3, -0.25) is 9.59 Å². The van der Waals surface area contributed by atoms with Gasteiger partial charge in [0.05, 0.1) is 6.61 Å². The lowest BCUT2D eigenvalue weighted by Crippen LogP contribution is -2.20. The van der Waals surface area contributed by atoms with E-state index in [1.165, 1.54) is 12.2 Å². The molecule has 32 heavy (non-hydrogen) atoms. The molecule has 3 aromatic carbocycles. The minimum absolute atomic E-state index is 0.0967. The molecule has 2 N–H and O–H groups in total. The third-order valence-corrected chi connectivity index (χ3v) is 4.86. The van der Waals surface area contributed by atoms with E-state index >= 15 is 0 Å². The maximum Gasteiger partial charge on any atom is 0.248 e. The number of nitrogens with one attached hydrogen (secondary N) is 1. The van der Waals surface area contributed by atoms with Gasteiger partial charge < -0.3 is 15.3 Å². The Labute approximate surface area is 188 Å². The maximum absolute atomic E-state index is 12.4. The minimum atomic E-state index is -0.235. The van der Waals surface area contributed by atoms with Crippen LogP contribution in [0.15, 0.2) is 91.0 Å². The first-order chi connectivity index (χ1) is 15.5. The van der Waals surface area contributed by atoms with Gasteiger partial charge >= 0.3 is 0 Å². The highest BCUT2D eigenvalue weighted by Gasteiger charge is 2.04. The first-order valence-electron chi connectivity index (χ1n) is 10.3. The molecule has 0 saturated carbocycles. The van der Waals surface area contributed by atoms with Crippen molar-refractivity contribution < 1.29 is 14.7 Å². The Morgan fingerprint density at radius 3 is 2.12 bits per heavy atom. The Morgan fingerprint density at radius 1 is 0.844 bits per heavy atom. The lowest BCUT2D eigenvalue weighted by Gasteiger charge is -2.17. The number of aliphatic hydroxyl groups is 1. The highest BCUT2D eigenvalue weighted by Crippen LogP contribution is 2.15. The summed E-state index contributed by atoms with van der Waals surface area (Å²) in [6.07, 6.45) is 6.52. The summed E-state index contributed by atoms with van der Waals surface area (Å²) in [4.78, 5) is 26.5. The molecular formula is C27H26N2O3. The van der Waals surface area contributed by atoms with Gasteiger partial charge in [0.25, 0.3) is 0 Å². The van der Waals surface area contributed by atoms with E-state index in [0.29, 0.717) is 17.8 Å². The second-order valence-electron chi connectivity index (χ2n) is 7.24. The monoisotopic (exact) mass is 426 g/mol. The van der Waals surface area contributed by atoms with Gasteiger partial charge in [0.2, 0.25) is 5.91 Å². The molecule has 0 aliphatic rings. The third kappa shape index (κ3) is 6.79. The van der Waals surface area contributed by atoms with E-state index in [-0.39, 0.29) is 18.3 Å². The number of rotatable bonds is 9. The normalized spacial score (nSPS) is 11.1. The second kappa shape index (κ2) is 11.4. The molecule has 1 amide bonds. The van der Waals surface area contributed by atoms with Gasteiger partial charge in [0.1, 0.15) is 0 Å². The molecule has 5 nitrogen and oxygen atoms in total. The van der Waals surface area contributed by atoms with Gasteiger partial charge in [-0.2, -0.15) is 0 Å². The number of likely N-dealkylation sites (N-methyl/N-ethyl adjacent to an activating group) is 1. The van der Waals surface area contributed by atoms with Crippen LogP contribution >= 0.6 is 0 Å². The number of carbonyl (C=O) groups is 2. The molecule has 0 fully saturated rings. The van der Waals surface area contributed by atoms with Crippen LogP contribution in [0, 0.1) is 0 Å². The fraction of sp³-hybridized carbons (Fsp3) is 0.111. The van der Waals surface area contributed by atoms with Crippen LogP contribution in [0.1, 0.15) is 21.5 Å². The number of aliphatic hydroxyl groups excluding tert-OH is 1. The predicted octanol–water partition coefficient (Wildman–Crippen LogP) is 4.66. The van der Waals surface area contributed by atoms with Crippen molar-refractivity contribution in [2.75, 3.05) is 30.4 Å². The number of nitrogens with zero attached hydrogens (tertiary/aromatic N) is 1. The van der Waals surface area contributed by atoms with Crippen LogP contribution in [0.25, 0.3) is 12.2 Å². The molecule has 0 saturated heterocycles. The van der Waals surface area contributed by atoms with E-state index in [0.717, 1.165) is 16.8 Å². The predicted molar refractivity (Wildman–Crippen MR) is 131 cm³/mol. The lowest BCUT2D eigenvalue weighted by atomic mass is 10.1. The number of anilines is 2. The summed E-state index contributed by atoms with van der Waals surface area (Å²) in [6.45, 7) is 0.660. The lowest BCUT2D eigenvalue weighted by molar-refractivity contribution is -0.111. The molecule has 0 heterocycles. The highest BCUT2D eigenvalue weighted by atomic mass is 16.3. The first-order valence-corrected chi connectivity index (χ1v) is 10.3. The smallest absolute Gasteiger partial charge is 0.248 e. The van der Waals surface area contributed by atoms with E-state index in [9.17, 15) is 9.59 Å². The summed E-state index contributed by atoms with van der Waals surface area (Å²) in [7, 11) is 1.91. The van der Waals surface area contributed by atoms with Crippen molar-refractivity contribution in [1.82, 2.24) is 0 Å². The summed E-state index contributed by atoms with van der Waals surface area (Å²) >= 11 is 0. The van der Waals surface area contributed by atoms with Crippen LogP contribution in [0.4, 0.5) is 11.4 Å². The van der Waals surface area contributed by atoms with Gasteiger partial charge in [0.15, 0.2) is 5.78 Å². The Morgan fingerprint density at radius 2 is 1.47 bits per heavy atom. The van der Waals surface area contributed by atoms with Gasteiger partial charge in [-0.1, -0.05) is 48.5 Å². The molecule has 3 rings (SSSR count). The number of benzene rings is 3. The average molecular weight is 427 g/mol. The molecule has 0 radical (unpaired) electrons. The minimum Gasteiger partial charge on any atom is -0.395 e. The SMILES string of the molecule is CN(CCO)c1ccc(/C=C/C(=O)c2ccc(NC(=O)/C=C/c3ccccc3)cc2)cc1. The fourth-order valence-corrected chi connectivity index (χ4v) is 3.02. The van der Waals surface area contributed by atoms with Crippen LogP contribution in [0.3, 0.4) is 0 Å². The number of ketones is 1. The van der Waals surface area contributed by atoms with Crippen LogP contribution in [0.2, 0.25) is 0 Å². The van der Waals surface area contributed by atoms with Crippen molar-refractivity contribution >= 4 is 35.2 Å². The summed E-state index contributed by atoms with van der Waals surface area (Å²) in [5.41, 5.74) is 4.02. The van der Waals surface area contributed by atoms with E-state index < -0.39 is 0 Å². The molecule has 0 aromatic heterocycles. The van der Waals surface area contributed by atoms with Gasteiger partial charge in [-0.05, 0) is 59.7 Å². The third-order valence-electron chi connectivity index (χ3n) is 4.86. The zero-order valence-corrected chi connectivity index (χ0v) is 17.9. The van der Waals surface area contributed by atoms with Crippen LogP contribution in [-0.2, 0) is 4.79 Å². The number of carbonyl (C=O) groups excluding carboxylic acids is 2. The molecule has 0 spiro atoms. The molecule has 0 unspecified atom stereocenters. The molecular weight excluding hydrogens is 400 g/mol. The van der Waals surface area contributed by atoms with Crippen molar-refractivity contribution in [3.63, 3.8) is 0 Å². The van der Waals surface area contributed by atoms with E-state index in [1.807, 2.05) is 66.5 Å². The standard InChI is InChI=1S/C27H26N2O3/c1-29(19-20-30)25-15-7-22(8-16-25)9-17-26(31)23-11-13-24(14-12-23)28-27(32)18-10-21-5-3-2-4-6-21/h2-18,30H,19-20H2,1H3,(H,28,32)/b17-9+,18-10+. The first kappa shape index (κ1) is 22.7. The van der Waals surface area contributed by atoms with Crippen LogP contribution in [0.5, 0.6) is 0 Å². The fourth-order valence-electron chi connectivity index (χ4n) is 3.02. The quantitative estimate of drug-likeness (QED) is 0.386. The Kier molecular flexibility index (Phi) is 8.12. The molecule has 0 aliphatic heterocycles. The average Bonchev–Trinajstić information content (AvgIpc) is 2.83. The summed E-state index contributed by atoms with van der Waals surface area (Å²) in [5.74, 6) is -0.353. The van der Waals surface area contributed by atoms with E-state index in [1.54, 1.807) is 36.4 Å². The second-order valence-corrected chi connectivity index (χ2v) is 7.24. The molecule has 162 valence electrons. The van der Waals surface area contributed by atoms with Crippen molar-refractivity contribution in [2.45, 2.75) is 0 Å². The summed E-state index contributed by atoms with van der Waals surface area (Å²) in [6, 6.07) is 24.1. The zero-order chi connectivity index (χ0) is 22.8. The highest BCUT2D eigenvalue weighted by molar-refractivity contribution is 6.07. The zero-order valence-electron chi connectivity index (χ0n) is 17.9. The van der Waals surface area contributed by atoms with Gasteiger partial charge in [-0.15, -0.1) is 0 Å². The van der Waals surface area contributed by atoms with E-state index in [4.69, 9.17) is 5.11 Å².